The van der Waals surface area contributed by atoms with Gasteiger partial charge in [-0.15, -0.1) is 0 Å². The molecule has 2 rings (SSSR count). The molecule has 19 heavy (non-hydrogen) atoms. The highest BCUT2D eigenvalue weighted by Gasteiger charge is 2.36. The van der Waals surface area contributed by atoms with Gasteiger partial charge in [-0.3, -0.25) is 0 Å². The van der Waals surface area contributed by atoms with E-state index in [4.69, 9.17) is 0 Å². The van der Waals surface area contributed by atoms with Crippen LogP contribution < -0.4 is 5.32 Å². The van der Waals surface area contributed by atoms with Crippen LogP contribution in [0.15, 0.2) is 18.2 Å². The molecule has 1 aromatic carbocycles. The number of aryl methyl sites for hydroxylation is 1. The minimum atomic E-state index is -0.106. The molecule has 0 heterocycles. The Labute approximate surface area is 116 Å². The summed E-state index contributed by atoms with van der Waals surface area (Å²) in [6.07, 6.45) is 4.88. The Morgan fingerprint density at radius 2 is 2.05 bits per heavy atom. The van der Waals surface area contributed by atoms with Crippen LogP contribution in [0.4, 0.5) is 4.39 Å². The van der Waals surface area contributed by atoms with E-state index in [0.29, 0.717) is 11.3 Å². The summed E-state index contributed by atoms with van der Waals surface area (Å²) in [5.74, 6) is 0.582. The topological polar surface area (TPSA) is 12.0 Å². The molecule has 0 unspecified atom stereocenters. The average Bonchev–Trinajstić information content (AvgIpc) is 2.30. The Balaban J connectivity index is 1.99. The first kappa shape index (κ1) is 14.5. The Bertz CT molecular complexity index is 421. The van der Waals surface area contributed by atoms with E-state index in [2.05, 4.69) is 26.1 Å². The van der Waals surface area contributed by atoms with Crippen molar-refractivity contribution in [1.29, 1.82) is 0 Å². The third-order valence-corrected chi connectivity index (χ3v) is 4.34. The summed E-state index contributed by atoms with van der Waals surface area (Å²) in [7, 11) is 0. The fraction of sp³-hybridized carbons (Fsp3) is 0.647. The summed E-state index contributed by atoms with van der Waals surface area (Å²) in [6.45, 7) is 8.70. The number of benzene rings is 1. The van der Waals surface area contributed by atoms with Crippen molar-refractivity contribution in [2.75, 3.05) is 13.1 Å². The maximum Gasteiger partial charge on any atom is 0.123 e. The van der Waals surface area contributed by atoms with E-state index >= 15 is 0 Å². The molecule has 0 spiro atoms. The zero-order chi connectivity index (χ0) is 13.9. The third kappa shape index (κ3) is 3.79. The predicted molar refractivity (Wildman–Crippen MR) is 78.8 cm³/mol. The van der Waals surface area contributed by atoms with E-state index in [1.807, 2.05) is 6.07 Å². The minimum Gasteiger partial charge on any atom is -0.316 e. The van der Waals surface area contributed by atoms with Gasteiger partial charge in [-0.05, 0) is 67.3 Å². The van der Waals surface area contributed by atoms with Crippen LogP contribution in [0, 0.1) is 24.1 Å². The average molecular weight is 263 g/mol. The van der Waals surface area contributed by atoms with Crippen LogP contribution in [-0.2, 0) is 6.42 Å². The van der Waals surface area contributed by atoms with Gasteiger partial charge in [0.1, 0.15) is 5.82 Å². The van der Waals surface area contributed by atoms with E-state index in [1.54, 1.807) is 12.1 Å². The largest absolute Gasteiger partial charge is 0.316 e. The number of rotatable bonds is 6. The van der Waals surface area contributed by atoms with Gasteiger partial charge in [0.2, 0.25) is 0 Å². The van der Waals surface area contributed by atoms with E-state index in [1.165, 1.54) is 30.4 Å². The summed E-state index contributed by atoms with van der Waals surface area (Å²) in [6, 6.07) is 5.18. The standard InChI is InChI=1S/C17H26FN/c1-13(2)11-19-12-17(7-4-8-17)10-15-9-16(18)6-5-14(15)3/h5-6,9,13,19H,4,7-8,10-12H2,1-3H3. The highest BCUT2D eigenvalue weighted by molar-refractivity contribution is 5.28. The second kappa shape index (κ2) is 6.04. The van der Waals surface area contributed by atoms with Crippen molar-refractivity contribution < 1.29 is 4.39 Å². The number of halogens is 1. The molecule has 0 aliphatic heterocycles. The van der Waals surface area contributed by atoms with Crippen LogP contribution in [0.3, 0.4) is 0 Å². The maximum absolute atomic E-state index is 13.4. The molecule has 1 aliphatic carbocycles. The minimum absolute atomic E-state index is 0.106. The van der Waals surface area contributed by atoms with Crippen molar-refractivity contribution in [3.8, 4) is 0 Å². The van der Waals surface area contributed by atoms with Gasteiger partial charge in [-0.1, -0.05) is 26.3 Å². The molecule has 0 radical (unpaired) electrons. The summed E-state index contributed by atoms with van der Waals surface area (Å²) >= 11 is 0. The molecular weight excluding hydrogens is 237 g/mol. The molecule has 0 bridgehead atoms. The first-order chi connectivity index (χ1) is 9.01. The van der Waals surface area contributed by atoms with Gasteiger partial charge < -0.3 is 5.32 Å². The Morgan fingerprint density at radius 1 is 1.32 bits per heavy atom. The molecule has 0 amide bonds. The van der Waals surface area contributed by atoms with Gasteiger partial charge in [-0.2, -0.15) is 0 Å². The molecule has 1 fully saturated rings. The molecule has 1 N–H and O–H groups in total. The van der Waals surface area contributed by atoms with Gasteiger partial charge in [0.05, 0.1) is 0 Å². The first-order valence-electron chi connectivity index (χ1n) is 7.46. The highest BCUT2D eigenvalue weighted by atomic mass is 19.1. The molecule has 0 saturated heterocycles. The van der Waals surface area contributed by atoms with Gasteiger partial charge in [-0.25, -0.2) is 4.39 Å². The second-order valence-electron chi connectivity index (χ2n) is 6.63. The lowest BCUT2D eigenvalue weighted by Crippen LogP contribution is -2.42. The number of hydrogen-bond acceptors (Lipinski definition) is 1. The molecule has 1 aromatic rings. The van der Waals surface area contributed by atoms with E-state index in [-0.39, 0.29) is 5.82 Å². The highest BCUT2D eigenvalue weighted by Crippen LogP contribution is 2.43. The second-order valence-corrected chi connectivity index (χ2v) is 6.63. The molecule has 1 saturated carbocycles. The van der Waals surface area contributed by atoms with Crippen LogP contribution in [-0.4, -0.2) is 13.1 Å². The maximum atomic E-state index is 13.4. The molecule has 1 nitrogen and oxygen atoms in total. The zero-order valence-corrected chi connectivity index (χ0v) is 12.4. The normalized spacial score (nSPS) is 17.5. The molecule has 106 valence electrons. The van der Waals surface area contributed by atoms with Gasteiger partial charge >= 0.3 is 0 Å². The van der Waals surface area contributed by atoms with Crippen molar-refractivity contribution in [1.82, 2.24) is 5.32 Å². The summed E-state index contributed by atoms with van der Waals surface area (Å²) < 4.78 is 13.4. The van der Waals surface area contributed by atoms with Crippen LogP contribution in [0.5, 0.6) is 0 Å². The molecule has 2 heteroatoms. The van der Waals surface area contributed by atoms with Crippen molar-refractivity contribution in [2.24, 2.45) is 11.3 Å². The summed E-state index contributed by atoms with van der Waals surface area (Å²) in [5, 5.41) is 3.59. The summed E-state index contributed by atoms with van der Waals surface area (Å²) in [4.78, 5) is 0. The molecule has 0 aromatic heterocycles. The molecule has 0 atom stereocenters. The smallest absolute Gasteiger partial charge is 0.123 e. The third-order valence-electron chi connectivity index (χ3n) is 4.34. The van der Waals surface area contributed by atoms with Crippen molar-refractivity contribution >= 4 is 0 Å². The fourth-order valence-electron chi connectivity index (χ4n) is 2.95. The Morgan fingerprint density at radius 3 is 2.63 bits per heavy atom. The Kier molecular flexibility index (Phi) is 4.62. The van der Waals surface area contributed by atoms with Gasteiger partial charge in [0, 0.05) is 6.54 Å². The lowest BCUT2D eigenvalue weighted by molar-refractivity contribution is 0.128. The van der Waals surface area contributed by atoms with Crippen molar-refractivity contribution in [3.05, 3.63) is 35.1 Å². The van der Waals surface area contributed by atoms with Crippen LogP contribution in [0.1, 0.15) is 44.2 Å². The van der Waals surface area contributed by atoms with Crippen LogP contribution in [0.25, 0.3) is 0 Å². The lowest BCUT2D eigenvalue weighted by atomic mass is 9.65. The zero-order valence-electron chi connectivity index (χ0n) is 12.4. The summed E-state index contributed by atoms with van der Waals surface area (Å²) in [5.41, 5.74) is 2.77. The first-order valence-corrected chi connectivity index (χ1v) is 7.46. The SMILES string of the molecule is Cc1ccc(F)cc1CC1(CNCC(C)C)CCC1. The van der Waals surface area contributed by atoms with E-state index in [0.717, 1.165) is 19.5 Å². The van der Waals surface area contributed by atoms with Crippen LogP contribution >= 0.6 is 0 Å². The Hall–Kier alpha value is -0.890. The van der Waals surface area contributed by atoms with Gasteiger partial charge in [0.15, 0.2) is 0 Å². The van der Waals surface area contributed by atoms with Crippen molar-refractivity contribution in [2.45, 2.75) is 46.5 Å². The number of nitrogens with one attached hydrogen (secondary N) is 1. The fourth-order valence-corrected chi connectivity index (χ4v) is 2.95. The van der Waals surface area contributed by atoms with E-state index in [9.17, 15) is 4.39 Å². The van der Waals surface area contributed by atoms with Crippen LogP contribution in [0.2, 0.25) is 0 Å². The lowest BCUT2D eigenvalue weighted by Gasteiger charge is -2.43. The van der Waals surface area contributed by atoms with Gasteiger partial charge in [0.25, 0.3) is 0 Å². The monoisotopic (exact) mass is 263 g/mol. The van der Waals surface area contributed by atoms with E-state index < -0.39 is 0 Å². The predicted octanol–water partition coefficient (Wildman–Crippen LogP) is 4.09. The van der Waals surface area contributed by atoms with Crippen molar-refractivity contribution in [3.63, 3.8) is 0 Å². The molecule has 1 aliphatic rings. The number of hydrogen-bond donors (Lipinski definition) is 1. The quantitative estimate of drug-likeness (QED) is 0.815. The molecular formula is C17H26FN.